The number of ether oxygens (including phenoxy) is 1. The van der Waals surface area contributed by atoms with Gasteiger partial charge in [-0.2, -0.15) is 0 Å². The Hall–Kier alpha value is -2.23. The zero-order chi connectivity index (χ0) is 16.2. The van der Waals surface area contributed by atoms with Crippen molar-refractivity contribution in [3.05, 3.63) is 47.9 Å². The molecule has 1 aromatic carbocycles. The molecule has 0 N–H and O–H groups in total. The predicted octanol–water partition coefficient (Wildman–Crippen LogP) is 4.51. The zero-order valence-corrected chi connectivity index (χ0v) is 13.2. The number of benzene rings is 1. The van der Waals surface area contributed by atoms with Crippen LogP contribution in [0.3, 0.4) is 0 Å². The maximum atomic E-state index is 13.6. The molecule has 0 fully saturated rings. The maximum absolute atomic E-state index is 13.6. The summed E-state index contributed by atoms with van der Waals surface area (Å²) in [5.41, 5.74) is 3.15. The molecule has 1 unspecified atom stereocenters. The van der Waals surface area contributed by atoms with Crippen molar-refractivity contribution in [3.8, 4) is 0 Å². The van der Waals surface area contributed by atoms with Crippen molar-refractivity contribution in [1.82, 2.24) is 4.98 Å². The highest BCUT2D eigenvalue weighted by atomic mass is 19.1. The molecule has 120 valence electrons. The number of pyridine rings is 1. The van der Waals surface area contributed by atoms with Crippen LogP contribution in [-0.2, 0) is 9.53 Å². The summed E-state index contributed by atoms with van der Waals surface area (Å²) in [6.07, 6.45) is 7.90. The Kier molecular flexibility index (Phi) is 4.70. The molecular weight excluding hydrogens is 293 g/mol. The van der Waals surface area contributed by atoms with Gasteiger partial charge in [0.15, 0.2) is 0 Å². The SMILES string of the molecule is CC(=O)OCCC1CC=C(c2ccnc3ccc(F)cc23)CC1. The smallest absolute Gasteiger partial charge is 0.302 e. The van der Waals surface area contributed by atoms with E-state index in [1.165, 1.54) is 18.6 Å². The van der Waals surface area contributed by atoms with E-state index in [0.717, 1.165) is 42.1 Å². The molecule has 1 aliphatic carbocycles. The normalized spacial score (nSPS) is 17.8. The second kappa shape index (κ2) is 6.90. The largest absolute Gasteiger partial charge is 0.466 e. The molecule has 1 aliphatic rings. The van der Waals surface area contributed by atoms with Crippen molar-refractivity contribution in [1.29, 1.82) is 0 Å². The van der Waals surface area contributed by atoms with E-state index in [9.17, 15) is 9.18 Å². The third-order valence-electron chi connectivity index (χ3n) is 4.40. The molecule has 0 saturated heterocycles. The van der Waals surface area contributed by atoms with Gasteiger partial charge in [0.05, 0.1) is 12.1 Å². The standard InChI is InChI=1S/C19H20FNO2/c1-13(22)23-11-9-14-2-4-15(5-3-14)17-8-10-21-19-7-6-16(20)12-18(17)19/h4,6-8,10,12,14H,2-3,5,9,11H2,1H3. The molecule has 1 atom stereocenters. The lowest BCUT2D eigenvalue weighted by Crippen LogP contribution is -2.10. The summed E-state index contributed by atoms with van der Waals surface area (Å²) in [7, 11) is 0. The second-order valence-corrected chi connectivity index (χ2v) is 6.02. The van der Waals surface area contributed by atoms with Crippen LogP contribution < -0.4 is 0 Å². The van der Waals surface area contributed by atoms with Crippen LogP contribution in [0.1, 0.15) is 38.2 Å². The van der Waals surface area contributed by atoms with Gasteiger partial charge in [-0.1, -0.05) is 6.08 Å². The van der Waals surface area contributed by atoms with Crippen LogP contribution in [0.4, 0.5) is 4.39 Å². The van der Waals surface area contributed by atoms with Crippen LogP contribution in [0.25, 0.3) is 16.5 Å². The Bertz CT molecular complexity index is 754. The van der Waals surface area contributed by atoms with Gasteiger partial charge in [-0.15, -0.1) is 0 Å². The highest BCUT2D eigenvalue weighted by molar-refractivity contribution is 5.91. The van der Waals surface area contributed by atoms with E-state index in [-0.39, 0.29) is 11.8 Å². The molecule has 2 aromatic rings. The number of carbonyl (C=O) groups is 1. The van der Waals surface area contributed by atoms with Gasteiger partial charge in [-0.3, -0.25) is 9.78 Å². The van der Waals surface area contributed by atoms with Gasteiger partial charge >= 0.3 is 5.97 Å². The Balaban J connectivity index is 1.75. The van der Waals surface area contributed by atoms with Crippen molar-refractivity contribution in [2.45, 2.75) is 32.6 Å². The van der Waals surface area contributed by atoms with Gasteiger partial charge in [0, 0.05) is 18.5 Å². The van der Waals surface area contributed by atoms with E-state index >= 15 is 0 Å². The average Bonchev–Trinajstić information content (AvgIpc) is 2.55. The van der Waals surface area contributed by atoms with Crippen LogP contribution in [0.15, 0.2) is 36.5 Å². The zero-order valence-electron chi connectivity index (χ0n) is 13.2. The first-order valence-electron chi connectivity index (χ1n) is 8.00. The third-order valence-corrected chi connectivity index (χ3v) is 4.40. The number of halogens is 1. The Morgan fingerprint density at radius 2 is 2.26 bits per heavy atom. The van der Waals surface area contributed by atoms with Gasteiger partial charge in [-0.25, -0.2) is 4.39 Å². The first-order chi connectivity index (χ1) is 11.1. The fourth-order valence-corrected chi connectivity index (χ4v) is 3.16. The van der Waals surface area contributed by atoms with Crippen molar-refractivity contribution in [3.63, 3.8) is 0 Å². The minimum atomic E-state index is -0.234. The maximum Gasteiger partial charge on any atom is 0.302 e. The lowest BCUT2D eigenvalue weighted by molar-refractivity contribution is -0.141. The molecule has 0 radical (unpaired) electrons. The van der Waals surface area contributed by atoms with E-state index in [1.54, 1.807) is 18.3 Å². The summed E-state index contributed by atoms with van der Waals surface area (Å²) in [4.78, 5) is 15.1. The molecular formula is C19H20FNO2. The van der Waals surface area contributed by atoms with Gasteiger partial charge in [0.1, 0.15) is 5.82 Å². The molecule has 23 heavy (non-hydrogen) atoms. The number of esters is 1. The first kappa shape index (κ1) is 15.7. The Labute approximate surface area is 135 Å². The van der Waals surface area contributed by atoms with Crippen LogP contribution in [0.5, 0.6) is 0 Å². The summed E-state index contributed by atoms with van der Waals surface area (Å²) in [5, 5.41) is 0.872. The van der Waals surface area contributed by atoms with Crippen molar-refractivity contribution < 1.29 is 13.9 Å². The molecule has 0 amide bonds. The van der Waals surface area contributed by atoms with E-state index in [2.05, 4.69) is 11.1 Å². The summed E-state index contributed by atoms with van der Waals surface area (Å²) in [6, 6.07) is 6.69. The first-order valence-corrected chi connectivity index (χ1v) is 8.00. The van der Waals surface area contributed by atoms with Crippen molar-refractivity contribution in [2.75, 3.05) is 6.61 Å². The quantitative estimate of drug-likeness (QED) is 0.780. The number of carbonyl (C=O) groups excluding carboxylic acids is 1. The van der Waals surface area contributed by atoms with Gasteiger partial charge in [0.25, 0.3) is 0 Å². The Morgan fingerprint density at radius 1 is 1.39 bits per heavy atom. The van der Waals surface area contributed by atoms with Crippen LogP contribution in [0, 0.1) is 11.7 Å². The lowest BCUT2D eigenvalue weighted by Gasteiger charge is -2.22. The number of fused-ring (bicyclic) bond motifs is 1. The lowest BCUT2D eigenvalue weighted by atomic mass is 9.84. The summed E-state index contributed by atoms with van der Waals surface area (Å²) in [6.45, 7) is 1.93. The summed E-state index contributed by atoms with van der Waals surface area (Å²) in [5.74, 6) is 0.0904. The van der Waals surface area contributed by atoms with Crippen LogP contribution in [-0.4, -0.2) is 17.6 Å². The molecule has 0 bridgehead atoms. The number of aromatic nitrogens is 1. The topological polar surface area (TPSA) is 39.2 Å². The van der Waals surface area contributed by atoms with E-state index in [0.29, 0.717) is 12.5 Å². The number of hydrogen-bond acceptors (Lipinski definition) is 3. The third kappa shape index (κ3) is 3.76. The van der Waals surface area contributed by atoms with E-state index < -0.39 is 0 Å². The number of allylic oxidation sites excluding steroid dienone is 2. The molecule has 4 heteroatoms. The highest BCUT2D eigenvalue weighted by Gasteiger charge is 2.17. The molecule has 3 rings (SSSR count). The molecule has 0 saturated carbocycles. The average molecular weight is 313 g/mol. The predicted molar refractivity (Wildman–Crippen MR) is 88.3 cm³/mol. The summed E-state index contributed by atoms with van der Waals surface area (Å²) < 4.78 is 18.6. The van der Waals surface area contributed by atoms with Crippen molar-refractivity contribution >= 4 is 22.4 Å². The van der Waals surface area contributed by atoms with Crippen molar-refractivity contribution in [2.24, 2.45) is 5.92 Å². The fourth-order valence-electron chi connectivity index (χ4n) is 3.16. The van der Waals surface area contributed by atoms with E-state index in [1.807, 2.05) is 6.07 Å². The van der Waals surface area contributed by atoms with Gasteiger partial charge in [-0.05, 0) is 67.0 Å². The van der Waals surface area contributed by atoms with E-state index in [4.69, 9.17) is 4.74 Å². The minimum Gasteiger partial charge on any atom is -0.466 e. The molecule has 0 aliphatic heterocycles. The molecule has 0 spiro atoms. The molecule has 1 heterocycles. The van der Waals surface area contributed by atoms with Crippen LogP contribution >= 0.6 is 0 Å². The summed E-state index contributed by atoms with van der Waals surface area (Å²) >= 11 is 0. The number of nitrogens with zero attached hydrogens (tertiary/aromatic N) is 1. The monoisotopic (exact) mass is 313 g/mol. The Morgan fingerprint density at radius 3 is 3.00 bits per heavy atom. The van der Waals surface area contributed by atoms with Crippen LogP contribution in [0.2, 0.25) is 0 Å². The fraction of sp³-hybridized carbons (Fsp3) is 0.368. The second-order valence-electron chi connectivity index (χ2n) is 6.02. The molecule has 1 aromatic heterocycles. The highest BCUT2D eigenvalue weighted by Crippen LogP contribution is 2.34. The number of rotatable bonds is 4. The van der Waals surface area contributed by atoms with Gasteiger partial charge < -0.3 is 4.74 Å². The molecule has 3 nitrogen and oxygen atoms in total. The minimum absolute atomic E-state index is 0.220. The number of hydrogen-bond donors (Lipinski definition) is 0. The van der Waals surface area contributed by atoms with Gasteiger partial charge in [0.2, 0.25) is 0 Å².